The molecule has 1 saturated heterocycles. The van der Waals surface area contributed by atoms with Crippen molar-refractivity contribution < 1.29 is 17.6 Å². The molecule has 2 rings (SSSR count). The lowest BCUT2D eigenvalue weighted by Gasteiger charge is -2.30. The molecule has 1 aliphatic heterocycles. The maximum Gasteiger partial charge on any atom is 0.245 e. The molecular formula is C18H27FN2O3S. The number of nitrogens with zero attached hydrogens (tertiary/aromatic N) is 1. The first-order chi connectivity index (χ1) is 12.0. The normalized spacial score (nSPS) is 16.7. The van der Waals surface area contributed by atoms with Gasteiger partial charge < -0.3 is 5.32 Å². The van der Waals surface area contributed by atoms with Crippen molar-refractivity contribution in [3.05, 3.63) is 30.1 Å². The molecule has 5 nitrogen and oxygen atoms in total. The molecule has 7 heteroatoms. The highest BCUT2D eigenvalue weighted by Crippen LogP contribution is 2.25. The number of carbonyl (C=O) groups excluding carboxylic acids is 1. The fourth-order valence-electron chi connectivity index (χ4n) is 3.06. The van der Waals surface area contributed by atoms with Crippen LogP contribution in [-0.2, 0) is 14.8 Å². The number of unbranched alkanes of at least 4 members (excludes halogenated alkanes) is 3. The van der Waals surface area contributed by atoms with Crippen LogP contribution in [0.25, 0.3) is 0 Å². The van der Waals surface area contributed by atoms with E-state index in [2.05, 4.69) is 12.2 Å². The van der Waals surface area contributed by atoms with Crippen molar-refractivity contribution in [2.24, 2.45) is 5.92 Å². The molecule has 0 spiro atoms. The van der Waals surface area contributed by atoms with Crippen molar-refractivity contribution in [2.45, 2.75) is 50.3 Å². The minimum atomic E-state index is -3.84. The molecule has 0 saturated carbocycles. The number of piperidine rings is 1. The summed E-state index contributed by atoms with van der Waals surface area (Å²) in [5, 5.41) is 2.94. The summed E-state index contributed by atoms with van der Waals surface area (Å²) in [5.41, 5.74) is 0. The van der Waals surface area contributed by atoms with Crippen LogP contribution in [0, 0.1) is 11.7 Å². The quantitative estimate of drug-likeness (QED) is 0.716. The number of nitrogens with one attached hydrogen (secondary N) is 1. The highest BCUT2D eigenvalue weighted by atomic mass is 32.2. The monoisotopic (exact) mass is 370 g/mol. The van der Waals surface area contributed by atoms with Gasteiger partial charge in [-0.1, -0.05) is 38.3 Å². The average molecular weight is 370 g/mol. The van der Waals surface area contributed by atoms with Crippen LogP contribution in [0.3, 0.4) is 0 Å². The van der Waals surface area contributed by atoms with Gasteiger partial charge in [0.05, 0.1) is 0 Å². The van der Waals surface area contributed by atoms with E-state index >= 15 is 0 Å². The lowest BCUT2D eigenvalue weighted by Crippen LogP contribution is -2.43. The minimum absolute atomic E-state index is 0.000520. The van der Waals surface area contributed by atoms with Gasteiger partial charge in [-0.25, -0.2) is 12.8 Å². The molecule has 1 fully saturated rings. The number of rotatable bonds is 8. The zero-order valence-corrected chi connectivity index (χ0v) is 15.5. The molecule has 0 atom stereocenters. The second-order valence-electron chi connectivity index (χ2n) is 6.46. The summed E-state index contributed by atoms with van der Waals surface area (Å²) >= 11 is 0. The largest absolute Gasteiger partial charge is 0.356 e. The Bertz CT molecular complexity index is 671. The van der Waals surface area contributed by atoms with Gasteiger partial charge in [-0.2, -0.15) is 4.31 Å². The van der Waals surface area contributed by atoms with Crippen LogP contribution in [0.4, 0.5) is 4.39 Å². The molecule has 0 unspecified atom stereocenters. The maximum atomic E-state index is 13.8. The molecule has 1 N–H and O–H groups in total. The van der Waals surface area contributed by atoms with Gasteiger partial charge in [-0.3, -0.25) is 4.79 Å². The average Bonchev–Trinajstić information content (AvgIpc) is 2.61. The summed E-state index contributed by atoms with van der Waals surface area (Å²) in [6.07, 6.45) is 5.34. The lowest BCUT2D eigenvalue weighted by molar-refractivity contribution is -0.126. The van der Waals surface area contributed by atoms with Gasteiger partial charge in [-0.05, 0) is 31.4 Å². The summed E-state index contributed by atoms with van der Waals surface area (Å²) in [6.45, 7) is 3.30. The molecule has 140 valence electrons. The summed E-state index contributed by atoms with van der Waals surface area (Å²) in [6, 6.07) is 5.39. The van der Waals surface area contributed by atoms with E-state index in [1.807, 2.05) is 0 Å². The third kappa shape index (κ3) is 5.25. The third-order valence-electron chi connectivity index (χ3n) is 4.61. The second-order valence-corrected chi connectivity index (χ2v) is 8.37. The predicted octanol–water partition coefficient (Wildman–Crippen LogP) is 2.92. The number of sulfonamides is 1. The molecule has 1 aliphatic rings. The summed E-state index contributed by atoms with van der Waals surface area (Å²) < 4.78 is 40.2. The molecule has 0 aromatic heterocycles. The molecular weight excluding hydrogens is 343 g/mol. The predicted molar refractivity (Wildman–Crippen MR) is 95.0 cm³/mol. The highest BCUT2D eigenvalue weighted by Gasteiger charge is 2.33. The molecule has 1 aromatic rings. The Hall–Kier alpha value is -1.47. The van der Waals surface area contributed by atoms with E-state index in [-0.39, 0.29) is 29.8 Å². The number of carbonyl (C=O) groups is 1. The number of hydrogen-bond acceptors (Lipinski definition) is 3. The van der Waals surface area contributed by atoms with Gasteiger partial charge >= 0.3 is 0 Å². The summed E-state index contributed by atoms with van der Waals surface area (Å²) in [5.74, 6) is -0.910. The third-order valence-corrected chi connectivity index (χ3v) is 6.54. The Kier molecular flexibility index (Phi) is 7.38. The molecule has 0 aliphatic carbocycles. The molecule has 1 amide bonds. The van der Waals surface area contributed by atoms with E-state index in [1.54, 1.807) is 0 Å². The number of benzene rings is 1. The fraction of sp³-hybridized carbons (Fsp3) is 0.611. The molecule has 1 aromatic carbocycles. The van der Waals surface area contributed by atoms with Crippen molar-refractivity contribution >= 4 is 15.9 Å². The molecule has 1 heterocycles. The van der Waals surface area contributed by atoms with Crippen molar-refractivity contribution in [3.63, 3.8) is 0 Å². The first kappa shape index (κ1) is 19.8. The van der Waals surface area contributed by atoms with Crippen molar-refractivity contribution in [1.82, 2.24) is 9.62 Å². The Morgan fingerprint density at radius 3 is 2.52 bits per heavy atom. The van der Waals surface area contributed by atoms with Crippen LogP contribution < -0.4 is 5.32 Å². The maximum absolute atomic E-state index is 13.8. The van der Waals surface area contributed by atoms with Crippen LogP contribution in [0.5, 0.6) is 0 Å². The van der Waals surface area contributed by atoms with Crippen LogP contribution in [-0.4, -0.2) is 38.3 Å². The Balaban J connectivity index is 1.85. The number of hydrogen-bond donors (Lipinski definition) is 1. The van der Waals surface area contributed by atoms with E-state index in [1.165, 1.54) is 28.9 Å². The standard InChI is InChI=1S/C18H27FN2O3S/c1-2-3-4-7-12-20-18(22)15-10-13-21(14-11-15)25(23,24)17-9-6-5-8-16(17)19/h5-6,8-9,15H,2-4,7,10-14H2,1H3,(H,20,22). The smallest absolute Gasteiger partial charge is 0.245 e. The topological polar surface area (TPSA) is 66.5 Å². The lowest BCUT2D eigenvalue weighted by atomic mass is 9.97. The van der Waals surface area contributed by atoms with Gasteiger partial charge in [0.2, 0.25) is 15.9 Å². The zero-order chi connectivity index (χ0) is 18.3. The van der Waals surface area contributed by atoms with E-state index in [4.69, 9.17) is 0 Å². The summed E-state index contributed by atoms with van der Waals surface area (Å²) in [7, 11) is -3.84. The SMILES string of the molecule is CCCCCCNC(=O)C1CCN(S(=O)(=O)c2ccccc2F)CC1. The van der Waals surface area contributed by atoms with Crippen molar-refractivity contribution in [2.75, 3.05) is 19.6 Å². The van der Waals surface area contributed by atoms with E-state index < -0.39 is 15.8 Å². The van der Waals surface area contributed by atoms with Gasteiger partial charge in [0.15, 0.2) is 0 Å². The van der Waals surface area contributed by atoms with E-state index in [0.29, 0.717) is 19.4 Å². The fourth-order valence-corrected chi connectivity index (χ4v) is 4.59. The Morgan fingerprint density at radius 1 is 1.20 bits per heavy atom. The van der Waals surface area contributed by atoms with E-state index in [0.717, 1.165) is 25.3 Å². The van der Waals surface area contributed by atoms with Gasteiger partial charge in [0.1, 0.15) is 10.7 Å². The Labute approximate surface area is 149 Å². The molecule has 0 bridgehead atoms. The van der Waals surface area contributed by atoms with Gasteiger partial charge in [-0.15, -0.1) is 0 Å². The minimum Gasteiger partial charge on any atom is -0.356 e. The van der Waals surface area contributed by atoms with Crippen LogP contribution in [0.2, 0.25) is 0 Å². The van der Waals surface area contributed by atoms with E-state index in [9.17, 15) is 17.6 Å². The highest BCUT2D eigenvalue weighted by molar-refractivity contribution is 7.89. The zero-order valence-electron chi connectivity index (χ0n) is 14.7. The van der Waals surface area contributed by atoms with Gasteiger partial charge in [0, 0.05) is 25.6 Å². The Morgan fingerprint density at radius 2 is 1.88 bits per heavy atom. The van der Waals surface area contributed by atoms with Crippen LogP contribution >= 0.6 is 0 Å². The first-order valence-electron chi connectivity index (χ1n) is 8.99. The summed E-state index contributed by atoms with van der Waals surface area (Å²) in [4.78, 5) is 11.9. The van der Waals surface area contributed by atoms with Crippen LogP contribution in [0.15, 0.2) is 29.2 Å². The molecule has 0 radical (unpaired) electrons. The van der Waals surface area contributed by atoms with Gasteiger partial charge in [0.25, 0.3) is 0 Å². The molecule has 25 heavy (non-hydrogen) atoms. The number of halogens is 1. The second kappa shape index (κ2) is 9.29. The van der Waals surface area contributed by atoms with Crippen molar-refractivity contribution in [3.8, 4) is 0 Å². The van der Waals surface area contributed by atoms with Crippen LogP contribution in [0.1, 0.15) is 45.4 Å². The number of amides is 1. The first-order valence-corrected chi connectivity index (χ1v) is 10.4. The van der Waals surface area contributed by atoms with Crippen molar-refractivity contribution in [1.29, 1.82) is 0 Å².